The van der Waals surface area contributed by atoms with Crippen LogP contribution in [-0.4, -0.2) is 98.9 Å². The van der Waals surface area contributed by atoms with Gasteiger partial charge in [0.05, 0.1) is 13.2 Å². The van der Waals surface area contributed by atoms with Crippen LogP contribution in [0.15, 0.2) is 0 Å². The maximum absolute atomic E-state index is 12.8. The Morgan fingerprint density at radius 1 is 0.459 bits per heavy atom. The van der Waals surface area contributed by atoms with Crippen LogP contribution in [0.5, 0.6) is 0 Å². The first kappa shape index (κ1) is 58.4. The molecule has 0 spiro atoms. The molecule has 0 aliphatic heterocycles. The first-order valence-electron chi connectivity index (χ1n) is 25.4. The predicted octanol–water partition coefficient (Wildman–Crippen LogP) is 10.9. The Labute approximate surface area is 372 Å². The van der Waals surface area contributed by atoms with E-state index >= 15 is 0 Å². The second-order valence-corrected chi connectivity index (χ2v) is 19.4. The summed E-state index contributed by atoms with van der Waals surface area (Å²) < 4.78 is 34.3. The largest absolute Gasteiger partial charge is 0.472 e. The lowest BCUT2D eigenvalue weighted by atomic mass is 9.85. The molecule has 6 atom stereocenters. The number of hydrogen-bond donors (Lipinski definition) is 6. The number of rotatable bonds is 44. The lowest BCUT2D eigenvalue weighted by molar-refractivity contribution is -0.220. The van der Waals surface area contributed by atoms with E-state index in [1.54, 1.807) is 0 Å². The summed E-state index contributed by atoms with van der Waals surface area (Å²) in [6.45, 7) is 4.31. The van der Waals surface area contributed by atoms with E-state index in [1.807, 2.05) is 0 Å². The van der Waals surface area contributed by atoms with Crippen molar-refractivity contribution in [1.29, 1.82) is 0 Å². The Hall–Kier alpha value is -0.660. The number of aliphatic hydroxyl groups excluding tert-OH is 5. The second kappa shape index (κ2) is 39.7. The zero-order chi connectivity index (χ0) is 44.8. The lowest BCUT2D eigenvalue weighted by Gasteiger charge is -2.41. The van der Waals surface area contributed by atoms with Gasteiger partial charge in [-0.3, -0.25) is 13.8 Å². The molecule has 0 aromatic heterocycles. The van der Waals surface area contributed by atoms with Crippen molar-refractivity contribution in [3.63, 3.8) is 0 Å². The maximum atomic E-state index is 12.8. The van der Waals surface area contributed by atoms with Gasteiger partial charge in [0.2, 0.25) is 0 Å². The van der Waals surface area contributed by atoms with Crippen molar-refractivity contribution in [2.24, 2.45) is 0 Å². The Bertz CT molecular complexity index is 1020. The molecule has 61 heavy (non-hydrogen) atoms. The molecular formula is C48H95O12P. The van der Waals surface area contributed by atoms with Crippen molar-refractivity contribution < 1.29 is 58.3 Å². The second-order valence-electron chi connectivity index (χ2n) is 18.0. The Kier molecular flexibility index (Phi) is 38.0. The van der Waals surface area contributed by atoms with Gasteiger partial charge < -0.3 is 39.9 Å². The van der Waals surface area contributed by atoms with Crippen LogP contribution in [0.1, 0.15) is 239 Å². The van der Waals surface area contributed by atoms with Crippen molar-refractivity contribution in [2.75, 3.05) is 19.8 Å². The number of carbonyl (C=O) groups excluding carboxylic acids is 1. The third-order valence-corrected chi connectivity index (χ3v) is 13.2. The molecule has 1 saturated carbocycles. The molecule has 6 N–H and O–H groups in total. The number of phosphoric ester groups is 1. The zero-order valence-corrected chi connectivity index (χ0v) is 39.9. The van der Waals surface area contributed by atoms with Crippen LogP contribution < -0.4 is 0 Å². The van der Waals surface area contributed by atoms with Gasteiger partial charge in [-0.25, -0.2) is 4.57 Å². The molecule has 1 fully saturated rings. The van der Waals surface area contributed by atoms with E-state index in [2.05, 4.69) is 13.8 Å². The summed E-state index contributed by atoms with van der Waals surface area (Å²) in [6, 6.07) is 0. The van der Waals surface area contributed by atoms with E-state index in [4.69, 9.17) is 18.5 Å². The molecule has 0 saturated heterocycles. The smallest absolute Gasteiger partial charge is 0.457 e. The zero-order valence-electron chi connectivity index (χ0n) is 39.0. The lowest BCUT2D eigenvalue weighted by Crippen LogP contribution is -2.64. The van der Waals surface area contributed by atoms with Crippen molar-refractivity contribution in [3.8, 4) is 0 Å². The molecule has 0 amide bonds. The number of carbonyl (C=O) groups is 1. The van der Waals surface area contributed by atoms with E-state index in [1.165, 1.54) is 173 Å². The summed E-state index contributed by atoms with van der Waals surface area (Å²) in [5, 5.41) is 50.2. The summed E-state index contributed by atoms with van der Waals surface area (Å²) in [7, 11) is -5.01. The molecular weight excluding hydrogens is 799 g/mol. The Morgan fingerprint density at radius 2 is 0.770 bits per heavy atom. The van der Waals surface area contributed by atoms with Gasteiger partial charge in [-0.15, -0.1) is 0 Å². The normalized spacial score (nSPS) is 22.0. The number of ether oxygens (including phenoxy) is 2. The summed E-state index contributed by atoms with van der Waals surface area (Å²) in [6.07, 6.45) is 30.3. The minimum Gasteiger partial charge on any atom is -0.457 e. The molecule has 0 aromatic carbocycles. The van der Waals surface area contributed by atoms with Crippen molar-refractivity contribution in [2.45, 2.75) is 281 Å². The van der Waals surface area contributed by atoms with Gasteiger partial charge in [-0.05, 0) is 12.8 Å². The van der Waals surface area contributed by atoms with Gasteiger partial charge in [0, 0.05) is 13.0 Å². The maximum Gasteiger partial charge on any atom is 0.472 e. The fourth-order valence-electron chi connectivity index (χ4n) is 8.18. The van der Waals surface area contributed by atoms with Crippen molar-refractivity contribution >= 4 is 13.8 Å². The molecule has 0 radical (unpaired) electrons. The molecule has 6 unspecified atom stereocenters. The Balaban J connectivity index is 2.31. The van der Waals surface area contributed by atoms with Gasteiger partial charge in [0.1, 0.15) is 42.7 Å². The summed E-state index contributed by atoms with van der Waals surface area (Å²) in [5.74, 6) is -0.470. The van der Waals surface area contributed by atoms with Crippen LogP contribution in [0, 0.1) is 0 Å². The highest BCUT2D eigenvalue weighted by molar-refractivity contribution is 7.47. The van der Waals surface area contributed by atoms with Gasteiger partial charge in [0.25, 0.3) is 0 Å². The minimum atomic E-state index is -5.01. The van der Waals surface area contributed by atoms with Crippen molar-refractivity contribution in [1.82, 2.24) is 0 Å². The van der Waals surface area contributed by atoms with Gasteiger partial charge in [-0.2, -0.15) is 0 Å². The summed E-state index contributed by atoms with van der Waals surface area (Å²) >= 11 is 0. The summed E-state index contributed by atoms with van der Waals surface area (Å²) in [5.41, 5.74) is 0. The third-order valence-electron chi connectivity index (χ3n) is 12.2. The summed E-state index contributed by atoms with van der Waals surface area (Å²) in [4.78, 5) is 23.2. The third kappa shape index (κ3) is 31.8. The molecule has 13 heteroatoms. The first-order chi connectivity index (χ1) is 29.5. The minimum absolute atomic E-state index is 0.0676. The quantitative estimate of drug-likeness (QED) is 0.0193. The molecule has 12 nitrogen and oxygen atoms in total. The molecule has 0 aromatic rings. The highest BCUT2D eigenvalue weighted by Crippen LogP contribution is 2.47. The van der Waals surface area contributed by atoms with E-state index in [0.717, 1.165) is 38.5 Å². The number of aliphatic hydroxyl groups is 5. The predicted molar refractivity (Wildman–Crippen MR) is 244 cm³/mol. The van der Waals surface area contributed by atoms with Crippen LogP contribution in [0.3, 0.4) is 0 Å². The fourth-order valence-corrected chi connectivity index (χ4v) is 9.15. The molecule has 0 heterocycles. The van der Waals surface area contributed by atoms with Crippen LogP contribution in [-0.2, 0) is 27.9 Å². The molecule has 1 aliphatic rings. The monoisotopic (exact) mass is 895 g/mol. The van der Waals surface area contributed by atoms with E-state index in [-0.39, 0.29) is 13.0 Å². The molecule has 364 valence electrons. The average molecular weight is 895 g/mol. The number of unbranched alkanes of at least 4 members (excludes halogenated alkanes) is 32. The SMILES string of the molecule is CCCCCCCCCCCCCCCCCCCCCCOCC(COP(=O)(O)OC1C(O)C(O)C(O)C(O)C1O)OC(=O)CCCCCCCCCCCCCCCC. The molecule has 0 bridgehead atoms. The highest BCUT2D eigenvalue weighted by Gasteiger charge is 2.51. The van der Waals surface area contributed by atoms with Crippen LogP contribution >= 0.6 is 7.82 Å². The fraction of sp³-hybridized carbons (Fsp3) is 0.979. The number of esters is 1. The van der Waals surface area contributed by atoms with E-state index in [9.17, 15) is 39.8 Å². The molecule has 1 rings (SSSR count). The standard InChI is InChI=1S/C48H95O12P/c1-3-5-7-9-11-13-15-17-19-20-21-22-23-24-26-28-30-32-34-36-38-57-39-41(40-58-61(55,56)60-48-46(53)44(51)43(50)45(52)47(48)54)59-42(49)37-35-33-31-29-27-25-18-16-14-12-10-8-6-4-2/h41,43-48,50-54H,3-40H2,1-2H3,(H,55,56). The van der Waals surface area contributed by atoms with Crippen molar-refractivity contribution in [3.05, 3.63) is 0 Å². The number of hydrogen-bond acceptors (Lipinski definition) is 11. The first-order valence-corrected chi connectivity index (χ1v) is 26.9. The number of phosphoric acid groups is 1. The van der Waals surface area contributed by atoms with Crippen LogP contribution in [0.2, 0.25) is 0 Å². The van der Waals surface area contributed by atoms with Crippen LogP contribution in [0.25, 0.3) is 0 Å². The van der Waals surface area contributed by atoms with Gasteiger partial charge in [0.15, 0.2) is 0 Å². The van der Waals surface area contributed by atoms with E-state index < -0.39 is 63.1 Å². The Morgan fingerprint density at radius 3 is 1.13 bits per heavy atom. The topological polar surface area (TPSA) is 192 Å². The van der Waals surface area contributed by atoms with E-state index in [0.29, 0.717) is 13.0 Å². The molecule has 1 aliphatic carbocycles. The average Bonchev–Trinajstić information content (AvgIpc) is 3.24. The van der Waals surface area contributed by atoms with Crippen LogP contribution in [0.4, 0.5) is 0 Å². The van der Waals surface area contributed by atoms with Gasteiger partial charge >= 0.3 is 13.8 Å². The highest BCUT2D eigenvalue weighted by atomic mass is 31.2. The van der Waals surface area contributed by atoms with Gasteiger partial charge in [-0.1, -0.05) is 219 Å².